The van der Waals surface area contributed by atoms with Gasteiger partial charge in [0.25, 0.3) is 0 Å². The van der Waals surface area contributed by atoms with Crippen molar-refractivity contribution in [1.29, 1.82) is 0 Å². The Labute approximate surface area is 116 Å². The summed E-state index contributed by atoms with van der Waals surface area (Å²) in [4.78, 5) is 11.4. The third kappa shape index (κ3) is 2.40. The molecule has 0 saturated heterocycles. The number of aliphatic carboxylic acids is 1. The van der Waals surface area contributed by atoms with Gasteiger partial charge >= 0.3 is 5.97 Å². The van der Waals surface area contributed by atoms with Gasteiger partial charge in [0, 0.05) is 5.02 Å². The minimum atomic E-state index is -3.59. The zero-order valence-electron chi connectivity index (χ0n) is 10.5. The molecular formula is C13H13ClO4S. The van der Waals surface area contributed by atoms with Gasteiger partial charge in [-0.05, 0) is 50.1 Å². The van der Waals surface area contributed by atoms with Crippen LogP contribution >= 0.6 is 11.6 Å². The van der Waals surface area contributed by atoms with Gasteiger partial charge in [-0.3, -0.25) is 4.79 Å². The van der Waals surface area contributed by atoms with E-state index in [1.807, 2.05) is 0 Å². The number of allylic oxidation sites excluding steroid dienone is 1. The summed E-state index contributed by atoms with van der Waals surface area (Å²) in [5.41, 5.74) is -0.617. The predicted octanol–water partition coefficient (Wildman–Crippen LogP) is 2.97. The van der Waals surface area contributed by atoms with E-state index >= 15 is 0 Å². The summed E-state index contributed by atoms with van der Waals surface area (Å²) in [6.45, 7) is 3.00. The maximum absolute atomic E-state index is 12.3. The van der Waals surface area contributed by atoms with Crippen LogP contribution in [0.25, 0.3) is 6.08 Å². The Hall–Kier alpha value is -1.33. The van der Waals surface area contributed by atoms with E-state index < -0.39 is 21.2 Å². The van der Waals surface area contributed by atoms with Crippen molar-refractivity contribution in [3.8, 4) is 0 Å². The molecule has 1 aromatic carbocycles. The first kappa shape index (κ1) is 14.1. The van der Waals surface area contributed by atoms with Crippen LogP contribution < -0.4 is 0 Å². The van der Waals surface area contributed by atoms with Gasteiger partial charge in [-0.1, -0.05) is 11.6 Å². The Morgan fingerprint density at radius 1 is 1.37 bits per heavy atom. The molecule has 1 aromatic rings. The van der Waals surface area contributed by atoms with Gasteiger partial charge in [0.15, 0.2) is 0 Å². The lowest BCUT2D eigenvalue weighted by atomic mass is 9.89. The molecule has 0 aromatic heterocycles. The number of benzene rings is 1. The van der Waals surface area contributed by atoms with Crippen LogP contribution in [0.5, 0.6) is 0 Å². The first-order chi connectivity index (χ1) is 8.64. The van der Waals surface area contributed by atoms with E-state index in [1.54, 1.807) is 6.07 Å². The van der Waals surface area contributed by atoms with Gasteiger partial charge in [0.1, 0.15) is 0 Å². The quantitative estimate of drug-likeness (QED) is 0.931. The molecule has 102 valence electrons. The Morgan fingerprint density at radius 2 is 2.00 bits per heavy atom. The molecule has 0 saturated carbocycles. The van der Waals surface area contributed by atoms with Gasteiger partial charge in [0.05, 0.1) is 15.2 Å². The molecule has 1 aliphatic heterocycles. The van der Waals surface area contributed by atoms with E-state index in [0.29, 0.717) is 10.6 Å². The minimum Gasteiger partial charge on any atom is -0.481 e. The summed E-state index contributed by atoms with van der Waals surface area (Å²) in [6.07, 6.45) is 1.46. The standard InChI is InChI=1S/C13H13ClO4S/c1-13(2,12(15)16)7-10-6-8-5-9(14)3-4-11(8)19(10,17)18/h3-6H,7H2,1-2H3,(H,15,16). The molecule has 1 N–H and O–H groups in total. The van der Waals surface area contributed by atoms with Gasteiger partial charge in [-0.15, -0.1) is 0 Å². The topological polar surface area (TPSA) is 71.4 Å². The minimum absolute atomic E-state index is 0.0447. The van der Waals surface area contributed by atoms with Crippen LogP contribution in [0.15, 0.2) is 28.0 Å². The fraction of sp³-hybridized carbons (Fsp3) is 0.308. The Morgan fingerprint density at radius 3 is 2.58 bits per heavy atom. The number of carboxylic acid groups (broad SMARTS) is 1. The van der Waals surface area contributed by atoms with Crippen molar-refractivity contribution in [2.45, 2.75) is 25.2 Å². The lowest BCUT2D eigenvalue weighted by molar-refractivity contribution is -0.146. The molecule has 0 amide bonds. The smallest absolute Gasteiger partial charge is 0.309 e. The molecular weight excluding hydrogens is 288 g/mol. The van der Waals surface area contributed by atoms with E-state index in [1.165, 1.54) is 32.1 Å². The molecule has 0 aliphatic carbocycles. The fourth-order valence-electron chi connectivity index (χ4n) is 1.93. The third-order valence-electron chi connectivity index (χ3n) is 3.12. The van der Waals surface area contributed by atoms with Crippen LogP contribution in [-0.2, 0) is 14.6 Å². The van der Waals surface area contributed by atoms with Crippen LogP contribution in [0, 0.1) is 5.41 Å². The van der Waals surface area contributed by atoms with Crippen molar-refractivity contribution >= 4 is 33.5 Å². The lowest BCUT2D eigenvalue weighted by Crippen LogP contribution is -2.25. The highest BCUT2D eigenvalue weighted by molar-refractivity contribution is 7.95. The number of hydrogen-bond donors (Lipinski definition) is 1. The molecule has 1 heterocycles. The second-order valence-corrected chi connectivity index (χ2v) is 7.57. The van der Waals surface area contributed by atoms with Gasteiger partial charge in [-0.2, -0.15) is 0 Å². The van der Waals surface area contributed by atoms with Crippen LogP contribution in [-0.4, -0.2) is 19.5 Å². The van der Waals surface area contributed by atoms with Crippen LogP contribution in [0.4, 0.5) is 0 Å². The summed E-state index contributed by atoms with van der Waals surface area (Å²) >= 11 is 5.83. The second kappa shape index (κ2) is 4.35. The number of carbonyl (C=O) groups is 1. The fourth-order valence-corrected chi connectivity index (χ4v) is 3.90. The van der Waals surface area contributed by atoms with Crippen molar-refractivity contribution in [1.82, 2.24) is 0 Å². The van der Waals surface area contributed by atoms with Crippen molar-refractivity contribution in [3.63, 3.8) is 0 Å². The maximum Gasteiger partial charge on any atom is 0.309 e. The van der Waals surface area contributed by atoms with Crippen molar-refractivity contribution in [2.24, 2.45) is 5.41 Å². The van der Waals surface area contributed by atoms with Crippen LogP contribution in [0.2, 0.25) is 5.02 Å². The molecule has 0 spiro atoms. The second-order valence-electron chi connectivity index (χ2n) is 5.16. The Kier molecular flexibility index (Phi) is 3.23. The first-order valence-electron chi connectivity index (χ1n) is 5.63. The molecule has 0 unspecified atom stereocenters. The summed E-state index contributed by atoms with van der Waals surface area (Å²) in [5, 5.41) is 9.54. The number of halogens is 1. The van der Waals surface area contributed by atoms with E-state index in [4.69, 9.17) is 16.7 Å². The molecule has 2 rings (SSSR count). The average Bonchev–Trinajstić information content (AvgIpc) is 2.49. The Balaban J connectivity index is 2.46. The molecule has 6 heteroatoms. The highest BCUT2D eigenvalue weighted by Crippen LogP contribution is 2.39. The highest BCUT2D eigenvalue weighted by atomic mass is 35.5. The van der Waals surface area contributed by atoms with E-state index in [0.717, 1.165) is 0 Å². The number of carboxylic acids is 1. The molecule has 19 heavy (non-hydrogen) atoms. The number of rotatable bonds is 3. The normalized spacial score (nSPS) is 16.9. The number of fused-ring (bicyclic) bond motifs is 1. The first-order valence-corrected chi connectivity index (χ1v) is 7.49. The summed E-state index contributed by atoms with van der Waals surface area (Å²) < 4.78 is 24.6. The van der Waals surface area contributed by atoms with Gasteiger partial charge < -0.3 is 5.11 Å². The SMILES string of the molecule is CC(C)(CC1=Cc2cc(Cl)ccc2S1(=O)=O)C(=O)O. The largest absolute Gasteiger partial charge is 0.481 e. The van der Waals surface area contributed by atoms with E-state index in [9.17, 15) is 13.2 Å². The average molecular weight is 301 g/mol. The maximum atomic E-state index is 12.3. The lowest BCUT2D eigenvalue weighted by Gasteiger charge is -2.19. The summed E-state index contributed by atoms with van der Waals surface area (Å²) in [6, 6.07) is 4.52. The molecule has 0 bridgehead atoms. The third-order valence-corrected chi connectivity index (χ3v) is 5.26. The summed E-state index contributed by atoms with van der Waals surface area (Å²) in [7, 11) is -3.59. The van der Waals surface area contributed by atoms with E-state index in [2.05, 4.69) is 0 Å². The van der Waals surface area contributed by atoms with Gasteiger partial charge in [-0.25, -0.2) is 8.42 Å². The van der Waals surface area contributed by atoms with Crippen molar-refractivity contribution < 1.29 is 18.3 Å². The van der Waals surface area contributed by atoms with Gasteiger partial charge in [0.2, 0.25) is 9.84 Å². The van der Waals surface area contributed by atoms with Crippen molar-refractivity contribution in [3.05, 3.63) is 33.7 Å². The molecule has 1 aliphatic rings. The summed E-state index contributed by atoms with van der Waals surface area (Å²) in [5.74, 6) is -1.03. The molecule has 0 atom stereocenters. The zero-order valence-corrected chi connectivity index (χ0v) is 12.0. The monoisotopic (exact) mass is 300 g/mol. The Bertz CT molecular complexity index is 687. The van der Waals surface area contributed by atoms with Crippen molar-refractivity contribution in [2.75, 3.05) is 0 Å². The zero-order chi connectivity index (χ0) is 14.4. The molecule has 0 radical (unpaired) electrons. The number of hydrogen-bond acceptors (Lipinski definition) is 3. The molecule has 4 nitrogen and oxygen atoms in total. The predicted molar refractivity (Wildman–Crippen MR) is 72.6 cm³/mol. The number of sulfone groups is 1. The van der Waals surface area contributed by atoms with E-state index in [-0.39, 0.29) is 16.2 Å². The van der Waals surface area contributed by atoms with Crippen LogP contribution in [0.3, 0.4) is 0 Å². The highest BCUT2D eigenvalue weighted by Gasteiger charge is 2.36. The van der Waals surface area contributed by atoms with Crippen LogP contribution in [0.1, 0.15) is 25.8 Å². The molecule has 0 fully saturated rings.